The summed E-state index contributed by atoms with van der Waals surface area (Å²) in [6.45, 7) is 6.47. The van der Waals surface area contributed by atoms with E-state index in [0.29, 0.717) is 0 Å². The highest BCUT2D eigenvalue weighted by atomic mass is 14.2. The number of rotatable bonds is 4. The van der Waals surface area contributed by atoms with E-state index in [1.807, 2.05) is 0 Å². The highest BCUT2D eigenvalue weighted by Crippen LogP contribution is 2.30. The molecular formula is C12H22. The van der Waals surface area contributed by atoms with Gasteiger partial charge >= 0.3 is 0 Å². The molecule has 0 aromatic heterocycles. The van der Waals surface area contributed by atoms with Gasteiger partial charge in [0.1, 0.15) is 0 Å². The Morgan fingerprint density at radius 1 is 1.25 bits per heavy atom. The maximum absolute atomic E-state index is 4.22. The van der Waals surface area contributed by atoms with Crippen LogP contribution in [0.2, 0.25) is 0 Å². The molecule has 0 nitrogen and oxygen atoms in total. The molecule has 0 N–H and O–H groups in total. The topological polar surface area (TPSA) is 0 Å². The zero-order valence-electron chi connectivity index (χ0n) is 8.44. The molecule has 0 heterocycles. The first-order valence-electron chi connectivity index (χ1n) is 5.52. The number of hydrogen-bond acceptors (Lipinski definition) is 0. The van der Waals surface area contributed by atoms with Crippen molar-refractivity contribution in [3.05, 3.63) is 12.2 Å². The SMILES string of the molecule is C=C(CCCC)C1CCCCC1. The lowest BCUT2D eigenvalue weighted by Crippen LogP contribution is -2.08. The maximum atomic E-state index is 4.22. The smallest absolute Gasteiger partial charge is 0.0206 e. The van der Waals surface area contributed by atoms with Crippen LogP contribution in [0.25, 0.3) is 0 Å². The molecule has 70 valence electrons. The molecule has 0 saturated heterocycles. The minimum absolute atomic E-state index is 0.880. The average Bonchev–Trinajstić information content (AvgIpc) is 2.15. The van der Waals surface area contributed by atoms with Crippen LogP contribution in [0.4, 0.5) is 0 Å². The molecule has 0 atom stereocenters. The molecule has 1 aliphatic carbocycles. The standard InChI is InChI=1S/C12H22/c1-3-4-8-11(2)12-9-6-5-7-10-12/h12H,2-10H2,1H3. The molecule has 0 heteroatoms. The van der Waals surface area contributed by atoms with Gasteiger partial charge in [0.05, 0.1) is 0 Å². The van der Waals surface area contributed by atoms with Crippen molar-refractivity contribution in [3.8, 4) is 0 Å². The zero-order chi connectivity index (χ0) is 8.81. The third-order valence-corrected chi connectivity index (χ3v) is 3.03. The third-order valence-electron chi connectivity index (χ3n) is 3.03. The van der Waals surface area contributed by atoms with Crippen LogP contribution in [-0.2, 0) is 0 Å². The molecule has 0 aromatic carbocycles. The fraction of sp³-hybridized carbons (Fsp3) is 0.833. The summed E-state index contributed by atoms with van der Waals surface area (Å²) in [5.41, 5.74) is 1.54. The van der Waals surface area contributed by atoms with Crippen LogP contribution in [0, 0.1) is 5.92 Å². The molecule has 1 rings (SSSR count). The molecule has 0 radical (unpaired) electrons. The normalized spacial score (nSPS) is 19.4. The fourth-order valence-corrected chi connectivity index (χ4v) is 2.12. The Labute approximate surface area is 77.1 Å². The Morgan fingerprint density at radius 3 is 2.50 bits per heavy atom. The van der Waals surface area contributed by atoms with Crippen molar-refractivity contribution in [1.29, 1.82) is 0 Å². The average molecular weight is 166 g/mol. The molecule has 0 amide bonds. The highest BCUT2D eigenvalue weighted by Gasteiger charge is 2.15. The Bertz CT molecular complexity index is 129. The predicted molar refractivity (Wildman–Crippen MR) is 55.2 cm³/mol. The summed E-state index contributed by atoms with van der Waals surface area (Å²) in [6.07, 6.45) is 11.1. The summed E-state index contributed by atoms with van der Waals surface area (Å²) < 4.78 is 0. The van der Waals surface area contributed by atoms with Crippen LogP contribution in [0.3, 0.4) is 0 Å². The van der Waals surface area contributed by atoms with E-state index < -0.39 is 0 Å². The third kappa shape index (κ3) is 3.00. The summed E-state index contributed by atoms with van der Waals surface area (Å²) in [5.74, 6) is 0.880. The molecule has 0 aliphatic heterocycles. The molecule has 12 heavy (non-hydrogen) atoms. The minimum atomic E-state index is 0.880. The molecular weight excluding hydrogens is 144 g/mol. The van der Waals surface area contributed by atoms with Crippen LogP contribution in [-0.4, -0.2) is 0 Å². The van der Waals surface area contributed by atoms with E-state index in [4.69, 9.17) is 0 Å². The van der Waals surface area contributed by atoms with Gasteiger partial charge in [0, 0.05) is 0 Å². The van der Waals surface area contributed by atoms with Crippen molar-refractivity contribution < 1.29 is 0 Å². The quantitative estimate of drug-likeness (QED) is 0.546. The minimum Gasteiger partial charge on any atom is -0.0996 e. The molecule has 1 aliphatic rings. The largest absolute Gasteiger partial charge is 0.0996 e. The summed E-state index contributed by atoms with van der Waals surface area (Å²) >= 11 is 0. The van der Waals surface area contributed by atoms with Gasteiger partial charge in [-0.05, 0) is 31.6 Å². The first-order valence-corrected chi connectivity index (χ1v) is 5.52. The summed E-state index contributed by atoms with van der Waals surface area (Å²) in [4.78, 5) is 0. The van der Waals surface area contributed by atoms with Crippen LogP contribution >= 0.6 is 0 Å². The lowest BCUT2D eigenvalue weighted by atomic mass is 9.83. The predicted octanol–water partition coefficient (Wildman–Crippen LogP) is 4.31. The van der Waals surface area contributed by atoms with Crippen molar-refractivity contribution in [2.75, 3.05) is 0 Å². The van der Waals surface area contributed by atoms with Gasteiger partial charge in [-0.25, -0.2) is 0 Å². The summed E-state index contributed by atoms with van der Waals surface area (Å²) in [5, 5.41) is 0. The van der Waals surface area contributed by atoms with Gasteiger partial charge in [0.2, 0.25) is 0 Å². The Hall–Kier alpha value is -0.260. The van der Waals surface area contributed by atoms with Gasteiger partial charge in [-0.3, -0.25) is 0 Å². The van der Waals surface area contributed by atoms with E-state index in [9.17, 15) is 0 Å². The zero-order valence-corrected chi connectivity index (χ0v) is 8.44. The summed E-state index contributed by atoms with van der Waals surface area (Å²) in [6, 6.07) is 0. The molecule has 0 spiro atoms. The van der Waals surface area contributed by atoms with Crippen LogP contribution in [0.5, 0.6) is 0 Å². The maximum Gasteiger partial charge on any atom is -0.0206 e. The van der Waals surface area contributed by atoms with Crippen LogP contribution in [0.1, 0.15) is 58.3 Å². The molecule has 0 bridgehead atoms. The fourth-order valence-electron chi connectivity index (χ4n) is 2.12. The second-order valence-electron chi connectivity index (χ2n) is 4.10. The molecule has 1 fully saturated rings. The van der Waals surface area contributed by atoms with Crippen molar-refractivity contribution >= 4 is 0 Å². The van der Waals surface area contributed by atoms with E-state index in [2.05, 4.69) is 13.5 Å². The van der Waals surface area contributed by atoms with Crippen LogP contribution < -0.4 is 0 Å². The highest BCUT2D eigenvalue weighted by molar-refractivity contribution is 5.01. The first kappa shape index (κ1) is 9.83. The van der Waals surface area contributed by atoms with E-state index in [-0.39, 0.29) is 0 Å². The van der Waals surface area contributed by atoms with Gasteiger partial charge in [0.15, 0.2) is 0 Å². The van der Waals surface area contributed by atoms with Gasteiger partial charge < -0.3 is 0 Å². The molecule has 0 unspecified atom stereocenters. The Morgan fingerprint density at radius 2 is 1.92 bits per heavy atom. The van der Waals surface area contributed by atoms with Gasteiger partial charge in [-0.15, -0.1) is 0 Å². The van der Waals surface area contributed by atoms with E-state index in [1.54, 1.807) is 0 Å². The van der Waals surface area contributed by atoms with Gasteiger partial charge in [-0.1, -0.05) is 44.8 Å². The van der Waals surface area contributed by atoms with E-state index in [0.717, 1.165) is 5.92 Å². The Kier molecular flexibility index (Phi) is 4.42. The van der Waals surface area contributed by atoms with Crippen molar-refractivity contribution in [1.82, 2.24) is 0 Å². The van der Waals surface area contributed by atoms with E-state index in [1.165, 1.54) is 56.9 Å². The van der Waals surface area contributed by atoms with E-state index >= 15 is 0 Å². The first-order chi connectivity index (χ1) is 5.84. The second-order valence-corrected chi connectivity index (χ2v) is 4.10. The lowest BCUT2D eigenvalue weighted by molar-refractivity contribution is 0.394. The number of allylic oxidation sites excluding steroid dienone is 1. The van der Waals surface area contributed by atoms with Gasteiger partial charge in [0.25, 0.3) is 0 Å². The van der Waals surface area contributed by atoms with Crippen molar-refractivity contribution in [2.45, 2.75) is 58.3 Å². The van der Waals surface area contributed by atoms with Crippen molar-refractivity contribution in [2.24, 2.45) is 5.92 Å². The second kappa shape index (κ2) is 5.40. The lowest BCUT2D eigenvalue weighted by Gasteiger charge is -2.23. The Balaban J connectivity index is 2.20. The monoisotopic (exact) mass is 166 g/mol. The van der Waals surface area contributed by atoms with Gasteiger partial charge in [-0.2, -0.15) is 0 Å². The van der Waals surface area contributed by atoms with Crippen molar-refractivity contribution in [3.63, 3.8) is 0 Å². The summed E-state index contributed by atoms with van der Waals surface area (Å²) in [7, 11) is 0. The molecule has 1 saturated carbocycles. The molecule has 0 aromatic rings. The number of unbranched alkanes of at least 4 members (excludes halogenated alkanes) is 1. The number of hydrogen-bond donors (Lipinski definition) is 0. The van der Waals surface area contributed by atoms with Crippen LogP contribution in [0.15, 0.2) is 12.2 Å².